The molecule has 0 unspecified atom stereocenters. The van der Waals surface area contributed by atoms with Crippen LogP contribution >= 0.6 is 23.2 Å². The fraction of sp³-hybridized carbons (Fsp3) is 0.652. The van der Waals surface area contributed by atoms with Gasteiger partial charge >= 0.3 is 5.97 Å². The van der Waals surface area contributed by atoms with Crippen LogP contribution in [0.4, 0.5) is 0 Å². The molecule has 0 aliphatic carbocycles. The summed E-state index contributed by atoms with van der Waals surface area (Å²) >= 11 is 9.53. The summed E-state index contributed by atoms with van der Waals surface area (Å²) in [6, 6.07) is 10.3. The second-order valence-corrected chi connectivity index (χ2v) is 6.42. The Morgan fingerprint density at radius 2 is 1.21 bits per heavy atom. The van der Waals surface area contributed by atoms with E-state index in [1.807, 2.05) is 18.2 Å². The molecule has 0 aromatic heterocycles. The number of ketones is 1. The van der Waals surface area contributed by atoms with Crippen molar-refractivity contribution in [2.45, 2.75) is 81.1 Å². The van der Waals surface area contributed by atoms with Gasteiger partial charge in [0, 0.05) is 13.5 Å². The van der Waals surface area contributed by atoms with E-state index in [0.717, 1.165) is 0 Å². The van der Waals surface area contributed by atoms with E-state index in [1.165, 1.54) is 52.0 Å². The van der Waals surface area contributed by atoms with E-state index in [4.69, 9.17) is 28.3 Å². The third-order valence-corrected chi connectivity index (χ3v) is 2.25. The van der Waals surface area contributed by atoms with Crippen molar-refractivity contribution in [3.8, 4) is 0 Å². The lowest BCUT2D eigenvalue weighted by molar-refractivity contribution is -0.140. The normalized spacial score (nSPS) is 7.69. The number of halogens is 2. The van der Waals surface area contributed by atoms with Gasteiger partial charge in [-0.1, -0.05) is 75.4 Å². The first-order valence-electron chi connectivity index (χ1n) is 9.99. The highest BCUT2D eigenvalue weighted by Crippen LogP contribution is 1.95. The molecule has 0 bridgehead atoms. The minimum absolute atomic E-state index is 0.167. The van der Waals surface area contributed by atoms with Gasteiger partial charge in [0.15, 0.2) is 0 Å². The van der Waals surface area contributed by atoms with Crippen LogP contribution in [0.3, 0.4) is 0 Å². The summed E-state index contributed by atoms with van der Waals surface area (Å²) in [6.45, 7) is 15.2. The predicted octanol–water partition coefficient (Wildman–Crippen LogP) is 7.17. The van der Waals surface area contributed by atoms with Gasteiger partial charge in [0.25, 0.3) is 0 Å². The molecule has 0 saturated carbocycles. The molecule has 6 heteroatoms. The number of aliphatic hydroxyl groups is 1. The molecule has 0 saturated heterocycles. The van der Waals surface area contributed by atoms with E-state index in [2.05, 4.69) is 37.6 Å². The van der Waals surface area contributed by atoms with Crippen LogP contribution in [-0.2, 0) is 14.3 Å². The summed E-state index contributed by atoms with van der Waals surface area (Å²) in [7, 11) is 0. The van der Waals surface area contributed by atoms with Crippen LogP contribution in [0.15, 0.2) is 30.3 Å². The lowest BCUT2D eigenvalue weighted by atomic mass is 10.2. The minimum Gasteiger partial charge on any atom is -0.466 e. The third kappa shape index (κ3) is 100. The topological polar surface area (TPSA) is 63.6 Å². The van der Waals surface area contributed by atoms with E-state index in [0.29, 0.717) is 6.61 Å². The van der Waals surface area contributed by atoms with Crippen molar-refractivity contribution < 1.29 is 19.4 Å². The number of hydrogen-bond acceptors (Lipinski definition) is 4. The molecule has 0 fully saturated rings. The highest BCUT2D eigenvalue weighted by Gasteiger charge is 1.81. The predicted molar refractivity (Wildman–Crippen MR) is 129 cm³/mol. The maximum atomic E-state index is 9.82. The zero-order chi connectivity index (χ0) is 23.9. The van der Waals surface area contributed by atoms with E-state index in [-0.39, 0.29) is 23.7 Å². The first kappa shape index (κ1) is 38.5. The third-order valence-electron chi connectivity index (χ3n) is 2.25. The highest BCUT2D eigenvalue weighted by atomic mass is 35.5. The van der Waals surface area contributed by atoms with Gasteiger partial charge in [0.1, 0.15) is 5.78 Å². The smallest absolute Gasteiger partial charge is 0.302 e. The number of Topliss-reactive ketones (excluding diaryl/α,β-unsaturated/α-hetero) is 1. The van der Waals surface area contributed by atoms with E-state index in [1.54, 1.807) is 13.8 Å². The Morgan fingerprint density at radius 1 is 0.897 bits per heavy atom. The standard InChI is InChI=1S/C7H8.C6H14.C4H8O2.C3H6O.C2H6O.CH2Cl2/c1-7-5-3-2-4-6-7;1-3-5-6-4-2;1-3-6-4(2)5;1-3(2)4;1-2-3;2-1-3/h2-6H,1H3;3-6H2,1-2H3;3H2,1-2H3;1-2H3;3H,2H2,1H3;1H2. The van der Waals surface area contributed by atoms with Crippen LogP contribution in [0.2, 0.25) is 0 Å². The maximum Gasteiger partial charge on any atom is 0.302 e. The van der Waals surface area contributed by atoms with Crippen LogP contribution in [0, 0.1) is 6.92 Å². The lowest BCUT2D eigenvalue weighted by Crippen LogP contribution is -1.95. The Morgan fingerprint density at radius 3 is 1.31 bits per heavy atom. The molecule has 1 rings (SSSR count). The fourth-order valence-corrected chi connectivity index (χ4v) is 1.24. The lowest BCUT2D eigenvalue weighted by Gasteiger charge is -1.89. The monoisotopic (exact) mass is 454 g/mol. The quantitative estimate of drug-likeness (QED) is 0.297. The van der Waals surface area contributed by atoms with Crippen molar-refractivity contribution in [1.29, 1.82) is 0 Å². The van der Waals surface area contributed by atoms with Crippen molar-refractivity contribution >= 4 is 35.0 Å². The number of aliphatic hydroxyl groups excluding tert-OH is 1. The van der Waals surface area contributed by atoms with Crippen LogP contribution in [0.25, 0.3) is 0 Å². The Hall–Kier alpha value is -1.10. The van der Waals surface area contributed by atoms with E-state index >= 15 is 0 Å². The zero-order valence-electron chi connectivity index (χ0n) is 19.8. The Labute approximate surface area is 190 Å². The molecule has 0 aliphatic heterocycles. The number of carbonyl (C=O) groups is 2. The van der Waals surface area contributed by atoms with Crippen molar-refractivity contribution in [2.24, 2.45) is 0 Å². The number of esters is 1. The van der Waals surface area contributed by atoms with Gasteiger partial charge in [0.05, 0.1) is 11.9 Å². The van der Waals surface area contributed by atoms with Crippen molar-refractivity contribution in [1.82, 2.24) is 0 Å². The van der Waals surface area contributed by atoms with Crippen molar-refractivity contribution in [3.05, 3.63) is 35.9 Å². The summed E-state index contributed by atoms with van der Waals surface area (Å²) in [6.07, 6.45) is 5.54. The molecule has 0 atom stereocenters. The van der Waals surface area contributed by atoms with Crippen molar-refractivity contribution in [2.75, 3.05) is 18.6 Å². The molecular weight excluding hydrogens is 411 g/mol. The average molecular weight is 456 g/mol. The first-order chi connectivity index (χ1) is 13.6. The summed E-state index contributed by atoms with van der Waals surface area (Å²) < 4.78 is 4.40. The maximum absolute atomic E-state index is 9.82. The molecule has 174 valence electrons. The molecule has 1 aromatic rings. The van der Waals surface area contributed by atoms with Gasteiger partial charge < -0.3 is 14.6 Å². The number of hydrogen-bond donors (Lipinski definition) is 1. The molecule has 0 heterocycles. The average Bonchev–Trinajstić information content (AvgIpc) is 2.62. The molecule has 1 N–H and O–H groups in total. The molecule has 0 spiro atoms. The second kappa shape index (κ2) is 41.3. The molecular formula is C23H44Cl2O4. The Balaban J connectivity index is -0.0000000821. The largest absolute Gasteiger partial charge is 0.466 e. The number of benzene rings is 1. The fourth-order valence-electron chi connectivity index (χ4n) is 1.24. The molecule has 29 heavy (non-hydrogen) atoms. The number of ether oxygens (including phenoxy) is 1. The minimum atomic E-state index is -0.211. The molecule has 1 aromatic carbocycles. The summed E-state index contributed by atoms with van der Waals surface area (Å²) in [5.74, 6) is -0.0440. The Bertz CT molecular complexity index is 389. The SMILES string of the molecule is CC(C)=O.CCCCCC.CCO.CCOC(C)=O.Cc1ccccc1.ClCCl. The number of alkyl halides is 2. The summed E-state index contributed by atoms with van der Waals surface area (Å²) in [4.78, 5) is 19.3. The van der Waals surface area contributed by atoms with Crippen molar-refractivity contribution in [3.63, 3.8) is 0 Å². The molecule has 0 amide bonds. The molecule has 0 radical (unpaired) electrons. The highest BCUT2D eigenvalue weighted by molar-refractivity contribution is 6.40. The van der Waals surface area contributed by atoms with Gasteiger partial charge in [-0.25, -0.2) is 0 Å². The van der Waals surface area contributed by atoms with Gasteiger partial charge in [-0.3, -0.25) is 4.79 Å². The van der Waals surface area contributed by atoms with Crippen LogP contribution in [-0.4, -0.2) is 35.4 Å². The summed E-state index contributed by atoms with van der Waals surface area (Å²) in [5.41, 5.74) is 1.32. The molecule has 4 nitrogen and oxygen atoms in total. The van der Waals surface area contributed by atoms with Gasteiger partial charge in [-0.15, -0.1) is 23.2 Å². The van der Waals surface area contributed by atoms with E-state index < -0.39 is 0 Å². The summed E-state index contributed by atoms with van der Waals surface area (Å²) in [5, 5.41) is 7.76. The number of aryl methyl sites for hydroxylation is 1. The molecule has 0 aliphatic rings. The second-order valence-electron chi connectivity index (χ2n) is 5.61. The number of carbonyl (C=O) groups excluding carboxylic acids is 2. The van der Waals surface area contributed by atoms with Crippen LogP contribution in [0.5, 0.6) is 0 Å². The zero-order valence-corrected chi connectivity index (χ0v) is 21.3. The van der Waals surface area contributed by atoms with Gasteiger partial charge in [0.2, 0.25) is 0 Å². The Kier molecular flexibility index (Phi) is 54.8. The van der Waals surface area contributed by atoms with Crippen LogP contribution in [0.1, 0.15) is 79.7 Å². The number of rotatable bonds is 4. The first-order valence-corrected chi connectivity index (χ1v) is 11.1. The van der Waals surface area contributed by atoms with Crippen LogP contribution < -0.4 is 0 Å². The van der Waals surface area contributed by atoms with Gasteiger partial charge in [-0.2, -0.15) is 0 Å². The van der Waals surface area contributed by atoms with Gasteiger partial charge in [-0.05, 0) is 34.6 Å². The van der Waals surface area contributed by atoms with E-state index in [9.17, 15) is 9.59 Å². The number of unbranched alkanes of at least 4 members (excludes halogenated alkanes) is 3.